The van der Waals surface area contributed by atoms with Crippen molar-refractivity contribution in [3.05, 3.63) is 35.4 Å². The van der Waals surface area contributed by atoms with Gasteiger partial charge in [-0.2, -0.15) is 0 Å². The highest BCUT2D eigenvalue weighted by molar-refractivity contribution is 5.28. The number of benzene rings is 1. The van der Waals surface area contributed by atoms with E-state index in [1.807, 2.05) is 13.8 Å². The lowest BCUT2D eigenvalue weighted by Gasteiger charge is -2.27. The van der Waals surface area contributed by atoms with Crippen LogP contribution < -0.4 is 0 Å². The second-order valence-corrected chi connectivity index (χ2v) is 3.39. The number of nitrogens with zero attached hydrogens (tertiary/aromatic N) is 1. The highest BCUT2D eigenvalue weighted by Crippen LogP contribution is 2.17. The molecule has 78 valence electrons. The van der Waals surface area contributed by atoms with E-state index in [0.717, 1.165) is 6.54 Å². The molecule has 1 nitrogen and oxygen atoms in total. The minimum Gasteiger partial charge on any atom is -0.299 e. The first-order chi connectivity index (χ1) is 6.90. The fraction of sp³-hybridized carbons (Fsp3) is 0.538. The fourth-order valence-electron chi connectivity index (χ4n) is 1.82. The molecule has 0 amide bonds. The van der Waals surface area contributed by atoms with Crippen molar-refractivity contribution in [1.29, 1.82) is 0 Å². The molecule has 1 heterocycles. The van der Waals surface area contributed by atoms with Gasteiger partial charge in [0.2, 0.25) is 0 Å². The molecule has 0 bridgehead atoms. The Bertz CT molecular complexity index is 268. The van der Waals surface area contributed by atoms with E-state index in [-0.39, 0.29) is 0 Å². The molecule has 0 spiro atoms. The van der Waals surface area contributed by atoms with Crippen LogP contribution in [-0.2, 0) is 13.0 Å². The summed E-state index contributed by atoms with van der Waals surface area (Å²) in [6.07, 6.45) is 1.23. The Balaban J connectivity index is 0.000000461. The van der Waals surface area contributed by atoms with Crippen LogP contribution >= 0.6 is 0 Å². The van der Waals surface area contributed by atoms with Crippen molar-refractivity contribution in [1.82, 2.24) is 4.90 Å². The molecule has 14 heavy (non-hydrogen) atoms. The third-order valence-corrected chi connectivity index (χ3v) is 2.66. The van der Waals surface area contributed by atoms with Gasteiger partial charge >= 0.3 is 0 Å². The highest BCUT2D eigenvalue weighted by Gasteiger charge is 2.12. The van der Waals surface area contributed by atoms with Crippen LogP contribution in [0, 0.1) is 0 Å². The molecule has 1 aliphatic rings. The summed E-state index contributed by atoms with van der Waals surface area (Å²) < 4.78 is 0. The van der Waals surface area contributed by atoms with Crippen LogP contribution in [-0.4, -0.2) is 18.0 Å². The Morgan fingerprint density at radius 2 is 1.79 bits per heavy atom. The van der Waals surface area contributed by atoms with Crippen LogP contribution in [0.5, 0.6) is 0 Å². The topological polar surface area (TPSA) is 3.24 Å². The Morgan fingerprint density at radius 3 is 2.43 bits per heavy atom. The maximum atomic E-state index is 2.49. The molecule has 0 unspecified atom stereocenters. The minimum atomic E-state index is 1.15. The minimum absolute atomic E-state index is 1.15. The van der Waals surface area contributed by atoms with Crippen molar-refractivity contribution in [2.75, 3.05) is 13.1 Å². The third-order valence-electron chi connectivity index (χ3n) is 2.66. The smallest absolute Gasteiger partial charge is 0.0236 e. The number of rotatable bonds is 1. The van der Waals surface area contributed by atoms with Gasteiger partial charge in [-0.3, -0.25) is 4.90 Å². The number of hydrogen-bond acceptors (Lipinski definition) is 1. The average Bonchev–Trinajstić information content (AvgIpc) is 2.31. The van der Waals surface area contributed by atoms with E-state index < -0.39 is 0 Å². The molecular formula is C13H21N. The molecule has 1 aliphatic heterocycles. The summed E-state index contributed by atoms with van der Waals surface area (Å²) in [4.78, 5) is 2.49. The molecule has 0 saturated heterocycles. The van der Waals surface area contributed by atoms with Crippen molar-refractivity contribution < 1.29 is 0 Å². The van der Waals surface area contributed by atoms with Gasteiger partial charge in [0.25, 0.3) is 0 Å². The van der Waals surface area contributed by atoms with Gasteiger partial charge in [-0.05, 0) is 24.1 Å². The van der Waals surface area contributed by atoms with Crippen LogP contribution in [0.4, 0.5) is 0 Å². The van der Waals surface area contributed by atoms with Crippen LogP contribution in [0.3, 0.4) is 0 Å². The van der Waals surface area contributed by atoms with Gasteiger partial charge < -0.3 is 0 Å². The summed E-state index contributed by atoms with van der Waals surface area (Å²) in [5, 5.41) is 0. The van der Waals surface area contributed by atoms with E-state index in [9.17, 15) is 0 Å². The monoisotopic (exact) mass is 191 g/mol. The van der Waals surface area contributed by atoms with Crippen LogP contribution in [0.15, 0.2) is 24.3 Å². The van der Waals surface area contributed by atoms with Gasteiger partial charge in [-0.15, -0.1) is 0 Å². The van der Waals surface area contributed by atoms with Gasteiger partial charge in [-0.1, -0.05) is 45.0 Å². The molecule has 2 rings (SSSR count). The summed E-state index contributed by atoms with van der Waals surface area (Å²) in [6.45, 7) is 9.78. The molecule has 0 aromatic heterocycles. The van der Waals surface area contributed by atoms with Gasteiger partial charge in [-0.25, -0.2) is 0 Å². The number of hydrogen-bond donors (Lipinski definition) is 0. The van der Waals surface area contributed by atoms with Crippen molar-refractivity contribution >= 4 is 0 Å². The fourth-order valence-corrected chi connectivity index (χ4v) is 1.82. The molecule has 0 N–H and O–H groups in total. The summed E-state index contributed by atoms with van der Waals surface area (Å²) in [6, 6.07) is 8.78. The summed E-state index contributed by atoms with van der Waals surface area (Å²) in [7, 11) is 0. The van der Waals surface area contributed by atoms with E-state index in [1.165, 1.54) is 25.1 Å². The lowest BCUT2D eigenvalue weighted by molar-refractivity contribution is 0.268. The highest BCUT2D eigenvalue weighted by atomic mass is 15.1. The van der Waals surface area contributed by atoms with E-state index >= 15 is 0 Å². The van der Waals surface area contributed by atoms with Gasteiger partial charge in [0.15, 0.2) is 0 Å². The molecule has 0 aliphatic carbocycles. The maximum Gasteiger partial charge on any atom is 0.0236 e. The predicted octanol–water partition coefficient (Wildman–Crippen LogP) is 3.09. The second kappa shape index (κ2) is 5.82. The molecule has 0 fully saturated rings. The van der Waals surface area contributed by atoms with Crippen LogP contribution in [0.25, 0.3) is 0 Å². The molecule has 0 radical (unpaired) electrons. The molecule has 1 aromatic carbocycles. The largest absolute Gasteiger partial charge is 0.299 e. The van der Waals surface area contributed by atoms with E-state index in [4.69, 9.17) is 0 Å². The molecular weight excluding hydrogens is 170 g/mol. The Labute approximate surface area is 87.7 Å². The van der Waals surface area contributed by atoms with Crippen LogP contribution in [0.2, 0.25) is 0 Å². The average molecular weight is 191 g/mol. The van der Waals surface area contributed by atoms with Crippen LogP contribution in [0.1, 0.15) is 31.9 Å². The SMILES string of the molecule is CC.CCN1CCc2ccccc2C1. The van der Waals surface area contributed by atoms with Crippen molar-refractivity contribution in [2.24, 2.45) is 0 Å². The van der Waals surface area contributed by atoms with Crippen molar-refractivity contribution in [2.45, 2.75) is 33.7 Å². The first-order valence-corrected chi connectivity index (χ1v) is 5.69. The molecule has 0 atom stereocenters. The standard InChI is InChI=1S/C11H15N.C2H6/c1-2-12-8-7-10-5-3-4-6-11(10)9-12;1-2/h3-6H,2,7-9H2,1H3;1-2H3. The van der Waals surface area contributed by atoms with Gasteiger partial charge in [0.1, 0.15) is 0 Å². The third kappa shape index (κ3) is 2.58. The zero-order valence-corrected chi connectivity index (χ0v) is 9.59. The number of fused-ring (bicyclic) bond motifs is 1. The second-order valence-electron chi connectivity index (χ2n) is 3.39. The van der Waals surface area contributed by atoms with Crippen molar-refractivity contribution in [3.8, 4) is 0 Å². The lowest BCUT2D eigenvalue weighted by Crippen LogP contribution is -2.29. The lowest BCUT2D eigenvalue weighted by atomic mass is 10.0. The van der Waals surface area contributed by atoms with Gasteiger partial charge in [0, 0.05) is 13.1 Å². The van der Waals surface area contributed by atoms with Gasteiger partial charge in [0.05, 0.1) is 0 Å². The first-order valence-electron chi connectivity index (χ1n) is 5.69. The Kier molecular flexibility index (Phi) is 4.68. The summed E-state index contributed by atoms with van der Waals surface area (Å²) in [5.74, 6) is 0. The van der Waals surface area contributed by atoms with E-state index in [1.54, 1.807) is 5.56 Å². The quantitative estimate of drug-likeness (QED) is 0.659. The Hall–Kier alpha value is -0.820. The Morgan fingerprint density at radius 1 is 1.14 bits per heavy atom. The molecule has 1 heteroatoms. The summed E-state index contributed by atoms with van der Waals surface area (Å²) in [5.41, 5.74) is 3.06. The first kappa shape index (κ1) is 11.3. The number of likely N-dealkylation sites (N-methyl/N-ethyl adjacent to an activating group) is 1. The van der Waals surface area contributed by atoms with Crippen molar-refractivity contribution in [3.63, 3.8) is 0 Å². The predicted molar refractivity (Wildman–Crippen MR) is 62.4 cm³/mol. The zero-order chi connectivity index (χ0) is 10.4. The normalized spacial score (nSPS) is 15.4. The maximum absolute atomic E-state index is 2.49. The molecule has 1 aromatic rings. The molecule has 0 saturated carbocycles. The van der Waals surface area contributed by atoms with E-state index in [0.29, 0.717) is 0 Å². The zero-order valence-electron chi connectivity index (χ0n) is 9.59. The van der Waals surface area contributed by atoms with E-state index in [2.05, 4.69) is 36.1 Å². The summed E-state index contributed by atoms with van der Waals surface area (Å²) >= 11 is 0.